The lowest BCUT2D eigenvalue weighted by Gasteiger charge is -2.48. The van der Waals surface area contributed by atoms with E-state index in [1.165, 1.54) is 70.6 Å². The lowest BCUT2D eigenvalue weighted by molar-refractivity contribution is 0.0837. The molecule has 0 amide bonds. The molecule has 116 valence electrons. The Kier molecular flexibility index (Phi) is 5.03. The maximum Gasteiger partial charge on any atom is -0.00771 e. The summed E-state index contributed by atoms with van der Waals surface area (Å²) in [7, 11) is 0. The van der Waals surface area contributed by atoms with Gasteiger partial charge >= 0.3 is 0 Å². The van der Waals surface area contributed by atoms with Crippen molar-refractivity contribution in [1.29, 1.82) is 0 Å². The van der Waals surface area contributed by atoms with Gasteiger partial charge < -0.3 is 0 Å². The zero-order valence-electron chi connectivity index (χ0n) is 13.8. The number of benzene rings is 1. The van der Waals surface area contributed by atoms with Gasteiger partial charge in [-0.25, -0.2) is 0 Å². The van der Waals surface area contributed by atoms with E-state index < -0.39 is 0 Å². The van der Waals surface area contributed by atoms with E-state index in [0.717, 1.165) is 11.8 Å². The predicted molar refractivity (Wildman–Crippen MR) is 91.6 cm³/mol. The minimum Gasteiger partial charge on any atom is -0.0648 e. The third-order valence-electron chi connectivity index (χ3n) is 6.49. The minimum atomic E-state index is 0.599. The molecule has 0 nitrogen and oxygen atoms in total. The van der Waals surface area contributed by atoms with Gasteiger partial charge in [-0.1, -0.05) is 75.8 Å². The molecule has 2 saturated carbocycles. The highest BCUT2D eigenvalue weighted by molar-refractivity contribution is 5.24. The van der Waals surface area contributed by atoms with Gasteiger partial charge in [-0.3, -0.25) is 0 Å². The molecule has 2 fully saturated rings. The summed E-state index contributed by atoms with van der Waals surface area (Å²) in [4.78, 5) is 0. The summed E-state index contributed by atoms with van der Waals surface area (Å²) in [6.45, 7) is 2.46. The van der Waals surface area contributed by atoms with Gasteiger partial charge in [0, 0.05) is 0 Å². The van der Waals surface area contributed by atoms with Gasteiger partial charge in [-0.05, 0) is 54.9 Å². The van der Waals surface area contributed by atoms with Crippen LogP contribution < -0.4 is 0 Å². The molecule has 0 heterocycles. The zero-order chi connectivity index (χ0) is 14.5. The smallest absolute Gasteiger partial charge is 0.00771 e. The molecule has 0 aliphatic heterocycles. The van der Waals surface area contributed by atoms with Crippen molar-refractivity contribution in [2.24, 2.45) is 11.3 Å². The highest BCUT2D eigenvalue weighted by atomic mass is 14.5. The summed E-state index contributed by atoms with van der Waals surface area (Å²) in [5, 5.41) is 0. The average molecular weight is 284 g/mol. The highest BCUT2D eigenvalue weighted by Crippen LogP contribution is 2.55. The summed E-state index contributed by atoms with van der Waals surface area (Å²) in [6.07, 6.45) is 16.1. The van der Waals surface area contributed by atoms with Gasteiger partial charge in [0.25, 0.3) is 0 Å². The van der Waals surface area contributed by atoms with E-state index in [-0.39, 0.29) is 0 Å². The van der Waals surface area contributed by atoms with E-state index in [1.807, 2.05) is 0 Å². The van der Waals surface area contributed by atoms with Gasteiger partial charge in [-0.15, -0.1) is 0 Å². The van der Waals surface area contributed by atoms with Gasteiger partial charge in [0.05, 0.1) is 0 Å². The molecule has 0 spiro atoms. The van der Waals surface area contributed by atoms with E-state index in [2.05, 4.69) is 37.3 Å². The van der Waals surface area contributed by atoms with Gasteiger partial charge in [0.15, 0.2) is 0 Å². The van der Waals surface area contributed by atoms with Crippen molar-refractivity contribution in [1.82, 2.24) is 0 Å². The standard InChI is InChI=1S/C21H32/c1-2-21(16-10-5-11-17-21)20(18-12-6-3-7-13-18)19-14-8-4-9-15-19/h3,6-7,12-13,19-20H,2,4-5,8-11,14-17H2,1H3. The SMILES string of the molecule is CCC1(C(c2ccccc2)C2CCCCC2)CCCCC1. The third-order valence-corrected chi connectivity index (χ3v) is 6.49. The second kappa shape index (κ2) is 6.99. The normalized spacial score (nSPS) is 24.6. The first-order chi connectivity index (χ1) is 10.4. The Bertz CT molecular complexity index is 407. The third kappa shape index (κ3) is 3.20. The van der Waals surface area contributed by atoms with Crippen LogP contribution in [0, 0.1) is 11.3 Å². The Morgan fingerprint density at radius 1 is 0.905 bits per heavy atom. The van der Waals surface area contributed by atoms with Crippen LogP contribution in [0.2, 0.25) is 0 Å². The first kappa shape index (κ1) is 15.1. The molecule has 1 aromatic carbocycles. The van der Waals surface area contributed by atoms with Gasteiger partial charge in [-0.2, -0.15) is 0 Å². The number of hydrogen-bond acceptors (Lipinski definition) is 0. The average Bonchev–Trinajstić information content (AvgIpc) is 2.58. The molecule has 2 aliphatic carbocycles. The van der Waals surface area contributed by atoms with E-state index in [1.54, 1.807) is 5.56 Å². The van der Waals surface area contributed by atoms with E-state index in [9.17, 15) is 0 Å². The van der Waals surface area contributed by atoms with Crippen LogP contribution in [0.25, 0.3) is 0 Å². The fraction of sp³-hybridized carbons (Fsp3) is 0.714. The molecule has 0 bridgehead atoms. The van der Waals surface area contributed by atoms with Crippen LogP contribution in [0.3, 0.4) is 0 Å². The van der Waals surface area contributed by atoms with Crippen LogP contribution in [-0.4, -0.2) is 0 Å². The molecule has 1 unspecified atom stereocenters. The van der Waals surface area contributed by atoms with Gasteiger partial charge in [0.2, 0.25) is 0 Å². The molecule has 0 saturated heterocycles. The van der Waals surface area contributed by atoms with Crippen molar-refractivity contribution in [3.05, 3.63) is 35.9 Å². The van der Waals surface area contributed by atoms with Crippen LogP contribution in [0.4, 0.5) is 0 Å². The van der Waals surface area contributed by atoms with Crippen molar-refractivity contribution in [2.45, 2.75) is 83.5 Å². The number of rotatable bonds is 4. The fourth-order valence-electron chi connectivity index (χ4n) is 5.39. The molecule has 1 aromatic rings. The molecule has 3 rings (SSSR count). The van der Waals surface area contributed by atoms with Crippen molar-refractivity contribution in [2.75, 3.05) is 0 Å². The lowest BCUT2D eigenvalue weighted by atomic mass is 9.57. The molecule has 1 atom stereocenters. The van der Waals surface area contributed by atoms with Crippen molar-refractivity contribution >= 4 is 0 Å². The van der Waals surface area contributed by atoms with E-state index in [4.69, 9.17) is 0 Å². The maximum atomic E-state index is 2.46. The molecule has 0 aromatic heterocycles. The summed E-state index contributed by atoms with van der Waals surface area (Å²) in [5.74, 6) is 1.77. The Balaban J connectivity index is 1.94. The van der Waals surface area contributed by atoms with Crippen LogP contribution in [-0.2, 0) is 0 Å². The summed E-state index contributed by atoms with van der Waals surface area (Å²) >= 11 is 0. The molecular weight excluding hydrogens is 252 g/mol. The van der Waals surface area contributed by atoms with E-state index in [0.29, 0.717) is 5.41 Å². The van der Waals surface area contributed by atoms with E-state index >= 15 is 0 Å². The molecule has 0 radical (unpaired) electrons. The summed E-state index contributed by atoms with van der Waals surface area (Å²) in [5.41, 5.74) is 2.25. The predicted octanol–water partition coefficient (Wildman–Crippen LogP) is 6.71. The van der Waals surface area contributed by atoms with Crippen molar-refractivity contribution < 1.29 is 0 Å². The lowest BCUT2D eigenvalue weighted by Crippen LogP contribution is -2.36. The first-order valence-corrected chi connectivity index (χ1v) is 9.41. The first-order valence-electron chi connectivity index (χ1n) is 9.41. The largest absolute Gasteiger partial charge is 0.0648 e. The molecule has 21 heavy (non-hydrogen) atoms. The van der Waals surface area contributed by atoms with Crippen molar-refractivity contribution in [3.63, 3.8) is 0 Å². The van der Waals surface area contributed by atoms with Crippen LogP contribution in [0.15, 0.2) is 30.3 Å². The molecule has 2 aliphatic rings. The van der Waals surface area contributed by atoms with Crippen LogP contribution in [0.5, 0.6) is 0 Å². The van der Waals surface area contributed by atoms with Crippen LogP contribution >= 0.6 is 0 Å². The molecular formula is C21H32. The zero-order valence-corrected chi connectivity index (χ0v) is 13.8. The monoisotopic (exact) mass is 284 g/mol. The van der Waals surface area contributed by atoms with Crippen LogP contribution in [0.1, 0.15) is 89.0 Å². The Labute approximate surface area is 131 Å². The fourth-order valence-corrected chi connectivity index (χ4v) is 5.39. The maximum absolute atomic E-state index is 2.46. The van der Waals surface area contributed by atoms with Crippen molar-refractivity contribution in [3.8, 4) is 0 Å². The summed E-state index contributed by atoms with van der Waals surface area (Å²) in [6, 6.07) is 11.5. The quantitative estimate of drug-likeness (QED) is 0.576. The Hall–Kier alpha value is -0.780. The van der Waals surface area contributed by atoms with Gasteiger partial charge in [0.1, 0.15) is 0 Å². The topological polar surface area (TPSA) is 0 Å². The highest BCUT2D eigenvalue weighted by Gasteiger charge is 2.42. The number of hydrogen-bond donors (Lipinski definition) is 0. The second-order valence-corrected chi connectivity index (χ2v) is 7.56. The Morgan fingerprint density at radius 2 is 1.52 bits per heavy atom. The second-order valence-electron chi connectivity index (χ2n) is 7.56. The molecule has 0 heteroatoms. The molecule has 0 N–H and O–H groups in total. The summed E-state index contributed by atoms with van der Waals surface area (Å²) < 4.78 is 0. The Morgan fingerprint density at radius 3 is 2.14 bits per heavy atom. The minimum absolute atomic E-state index is 0.599.